The summed E-state index contributed by atoms with van der Waals surface area (Å²) >= 11 is 0. The van der Waals surface area contributed by atoms with Crippen molar-refractivity contribution in [2.24, 2.45) is 0 Å². The normalized spacial score (nSPS) is 26.8. The minimum Gasteiger partial charge on any atom is -0.373 e. The first-order valence-electron chi connectivity index (χ1n) is 7.89. The predicted molar refractivity (Wildman–Crippen MR) is 88.6 cm³/mol. The zero-order valence-electron chi connectivity index (χ0n) is 13.1. The van der Waals surface area contributed by atoms with E-state index < -0.39 is 9.84 Å². The summed E-state index contributed by atoms with van der Waals surface area (Å²) in [5.74, 6) is -0.0522. The molecule has 0 bridgehead atoms. The number of morpholine rings is 1. The number of rotatable bonds is 3. The maximum Gasteiger partial charge on any atom is 0.250 e. The van der Waals surface area contributed by atoms with Crippen LogP contribution in [-0.2, 0) is 19.4 Å². The molecule has 124 valence electrons. The van der Waals surface area contributed by atoms with Crippen LogP contribution in [0.5, 0.6) is 0 Å². The van der Waals surface area contributed by atoms with Gasteiger partial charge in [0.15, 0.2) is 9.84 Å². The van der Waals surface area contributed by atoms with Crippen molar-refractivity contribution < 1.29 is 17.9 Å². The number of fused-ring (bicyclic) bond motifs is 1. The Morgan fingerprint density at radius 3 is 2.74 bits per heavy atom. The highest BCUT2D eigenvalue weighted by atomic mass is 32.2. The Labute approximate surface area is 136 Å². The maximum absolute atomic E-state index is 12.9. The SMILES string of the molecule is CC/C(=C\c1ccccc1)C(=O)N1CCOC2CS(=O)(=O)CC21. The molecular weight excluding hydrogens is 314 g/mol. The highest BCUT2D eigenvalue weighted by molar-refractivity contribution is 7.91. The minimum atomic E-state index is -3.12. The van der Waals surface area contributed by atoms with Gasteiger partial charge >= 0.3 is 0 Å². The molecule has 0 aromatic heterocycles. The van der Waals surface area contributed by atoms with Gasteiger partial charge in [-0.05, 0) is 18.1 Å². The lowest BCUT2D eigenvalue weighted by atomic mass is 10.0. The zero-order chi connectivity index (χ0) is 16.4. The van der Waals surface area contributed by atoms with Crippen LogP contribution < -0.4 is 0 Å². The number of amides is 1. The molecule has 2 aliphatic heterocycles. The maximum atomic E-state index is 12.9. The molecule has 1 aromatic rings. The molecule has 2 atom stereocenters. The second-order valence-electron chi connectivity index (χ2n) is 5.99. The van der Waals surface area contributed by atoms with Gasteiger partial charge < -0.3 is 9.64 Å². The van der Waals surface area contributed by atoms with Crippen LogP contribution in [0.15, 0.2) is 35.9 Å². The average Bonchev–Trinajstić information content (AvgIpc) is 2.86. The number of carbonyl (C=O) groups excluding carboxylic acids is 1. The van der Waals surface area contributed by atoms with Gasteiger partial charge in [0.1, 0.15) is 0 Å². The Balaban J connectivity index is 1.84. The molecule has 0 radical (unpaired) electrons. The number of ether oxygens (including phenoxy) is 1. The second kappa shape index (κ2) is 6.45. The first kappa shape index (κ1) is 16.2. The summed E-state index contributed by atoms with van der Waals surface area (Å²) in [6, 6.07) is 9.33. The van der Waals surface area contributed by atoms with E-state index in [4.69, 9.17) is 4.74 Å². The Kier molecular flexibility index (Phi) is 4.55. The lowest BCUT2D eigenvalue weighted by Gasteiger charge is -2.37. The molecule has 3 rings (SSSR count). The van der Waals surface area contributed by atoms with Crippen molar-refractivity contribution in [1.82, 2.24) is 4.90 Å². The molecule has 2 saturated heterocycles. The van der Waals surface area contributed by atoms with Crippen LogP contribution in [0.3, 0.4) is 0 Å². The summed E-state index contributed by atoms with van der Waals surface area (Å²) in [5, 5.41) is 0. The van der Waals surface area contributed by atoms with Gasteiger partial charge in [-0.1, -0.05) is 37.3 Å². The second-order valence-corrected chi connectivity index (χ2v) is 8.14. The van der Waals surface area contributed by atoms with Gasteiger partial charge in [0.25, 0.3) is 0 Å². The van der Waals surface area contributed by atoms with E-state index in [2.05, 4.69) is 0 Å². The van der Waals surface area contributed by atoms with Crippen LogP contribution in [-0.4, -0.2) is 56.0 Å². The van der Waals surface area contributed by atoms with E-state index in [0.717, 1.165) is 5.56 Å². The van der Waals surface area contributed by atoms with E-state index in [1.807, 2.05) is 43.3 Å². The Hall–Kier alpha value is -1.66. The Bertz CT molecular complexity index is 711. The number of carbonyl (C=O) groups is 1. The van der Waals surface area contributed by atoms with E-state index in [9.17, 15) is 13.2 Å². The third-order valence-corrected chi connectivity index (χ3v) is 6.08. The van der Waals surface area contributed by atoms with E-state index in [1.165, 1.54) is 0 Å². The van der Waals surface area contributed by atoms with Crippen molar-refractivity contribution >= 4 is 21.8 Å². The quantitative estimate of drug-likeness (QED) is 0.786. The summed E-state index contributed by atoms with van der Waals surface area (Å²) in [6.45, 7) is 2.78. The number of hydrogen-bond acceptors (Lipinski definition) is 4. The number of hydrogen-bond donors (Lipinski definition) is 0. The van der Waals surface area contributed by atoms with Gasteiger partial charge in [0.2, 0.25) is 5.91 Å². The molecule has 1 amide bonds. The van der Waals surface area contributed by atoms with Crippen LogP contribution in [0, 0.1) is 0 Å². The van der Waals surface area contributed by atoms with Crippen LogP contribution >= 0.6 is 0 Å². The molecule has 2 heterocycles. The molecule has 0 N–H and O–H groups in total. The molecule has 0 aliphatic carbocycles. The molecular formula is C17H21NO4S. The fraction of sp³-hybridized carbons (Fsp3) is 0.471. The highest BCUT2D eigenvalue weighted by Crippen LogP contribution is 2.26. The Morgan fingerprint density at radius 2 is 2.04 bits per heavy atom. The van der Waals surface area contributed by atoms with Crippen molar-refractivity contribution in [2.75, 3.05) is 24.7 Å². The molecule has 23 heavy (non-hydrogen) atoms. The largest absolute Gasteiger partial charge is 0.373 e. The topological polar surface area (TPSA) is 63.7 Å². The molecule has 6 heteroatoms. The lowest BCUT2D eigenvalue weighted by Crippen LogP contribution is -2.53. The summed E-state index contributed by atoms with van der Waals surface area (Å²) in [6.07, 6.45) is 2.11. The third kappa shape index (κ3) is 3.48. The van der Waals surface area contributed by atoms with Gasteiger partial charge in [-0.2, -0.15) is 0 Å². The van der Waals surface area contributed by atoms with Gasteiger partial charge in [0, 0.05) is 12.1 Å². The fourth-order valence-corrected chi connectivity index (χ4v) is 5.09. The summed E-state index contributed by atoms with van der Waals surface area (Å²) in [7, 11) is -3.12. The standard InChI is InChI=1S/C17H21NO4S/c1-2-14(10-13-6-4-3-5-7-13)17(19)18-8-9-22-16-12-23(20,21)11-15(16)18/h3-7,10,15-16H,2,8-9,11-12H2,1H3/b14-10+. The molecule has 0 spiro atoms. The molecule has 5 nitrogen and oxygen atoms in total. The number of nitrogens with zero attached hydrogens (tertiary/aromatic N) is 1. The van der Waals surface area contributed by atoms with Gasteiger partial charge in [0.05, 0.1) is 30.3 Å². The van der Waals surface area contributed by atoms with E-state index >= 15 is 0 Å². The van der Waals surface area contributed by atoms with E-state index in [0.29, 0.717) is 25.1 Å². The van der Waals surface area contributed by atoms with Crippen LogP contribution in [0.25, 0.3) is 6.08 Å². The summed E-state index contributed by atoms with van der Waals surface area (Å²) < 4.78 is 29.3. The van der Waals surface area contributed by atoms with Crippen molar-refractivity contribution in [3.63, 3.8) is 0 Å². The average molecular weight is 335 g/mol. The zero-order valence-corrected chi connectivity index (χ0v) is 14.0. The van der Waals surface area contributed by atoms with E-state index in [-0.39, 0.29) is 29.6 Å². The molecule has 0 saturated carbocycles. The molecule has 2 aliphatic rings. The molecule has 2 fully saturated rings. The van der Waals surface area contributed by atoms with Crippen LogP contribution in [0.1, 0.15) is 18.9 Å². The predicted octanol–water partition coefficient (Wildman–Crippen LogP) is 1.50. The summed E-state index contributed by atoms with van der Waals surface area (Å²) in [4.78, 5) is 14.6. The molecule has 1 aromatic carbocycles. The van der Waals surface area contributed by atoms with Crippen LogP contribution in [0.4, 0.5) is 0 Å². The lowest BCUT2D eigenvalue weighted by molar-refractivity contribution is -0.138. The van der Waals surface area contributed by atoms with Crippen molar-refractivity contribution in [3.05, 3.63) is 41.5 Å². The van der Waals surface area contributed by atoms with Gasteiger partial charge in [-0.3, -0.25) is 4.79 Å². The third-order valence-electron chi connectivity index (χ3n) is 4.39. The van der Waals surface area contributed by atoms with Crippen molar-refractivity contribution in [3.8, 4) is 0 Å². The fourth-order valence-electron chi connectivity index (χ4n) is 3.22. The van der Waals surface area contributed by atoms with Gasteiger partial charge in [-0.15, -0.1) is 0 Å². The minimum absolute atomic E-state index is 0.00569. The first-order chi connectivity index (χ1) is 11.0. The summed E-state index contributed by atoms with van der Waals surface area (Å²) in [5.41, 5.74) is 1.67. The van der Waals surface area contributed by atoms with Crippen LogP contribution in [0.2, 0.25) is 0 Å². The highest BCUT2D eigenvalue weighted by Gasteiger charge is 2.45. The molecule has 2 unspecified atom stereocenters. The smallest absolute Gasteiger partial charge is 0.250 e. The number of benzene rings is 1. The first-order valence-corrected chi connectivity index (χ1v) is 9.71. The van der Waals surface area contributed by atoms with Crippen molar-refractivity contribution in [1.29, 1.82) is 0 Å². The number of sulfone groups is 1. The Morgan fingerprint density at radius 1 is 1.30 bits per heavy atom. The van der Waals surface area contributed by atoms with Gasteiger partial charge in [-0.25, -0.2) is 8.42 Å². The van der Waals surface area contributed by atoms with Crippen molar-refractivity contribution in [2.45, 2.75) is 25.5 Å². The van der Waals surface area contributed by atoms with E-state index in [1.54, 1.807) is 4.90 Å². The monoisotopic (exact) mass is 335 g/mol.